The lowest BCUT2D eigenvalue weighted by Crippen LogP contribution is -2.32. The molecule has 1 heterocycles. The molecule has 0 saturated heterocycles. The molecule has 7 heteroatoms. The zero-order valence-electron chi connectivity index (χ0n) is 16.0. The van der Waals surface area contributed by atoms with E-state index in [2.05, 4.69) is 5.32 Å². The molecule has 3 rings (SSSR count). The molecule has 0 spiro atoms. The maximum absolute atomic E-state index is 12.7. The van der Waals surface area contributed by atoms with Crippen LogP contribution >= 0.6 is 11.6 Å². The molecule has 148 valence electrons. The fourth-order valence-corrected chi connectivity index (χ4v) is 3.45. The Morgan fingerprint density at radius 3 is 2.75 bits per heavy atom. The molecule has 0 unspecified atom stereocenters. The number of methoxy groups -OCH3 is 1. The standard InChI is InChI=1S/C21H22ClNO5/c1-4-27-19(24)11-18-21(25)23-16-9-8-13(22)10-15(16)20(28-18)14-6-5-7-17(26-3)12(14)2/h5-10,18,20H,4,11H2,1-3H3,(H,23,25)/t18-,20-/m1/s1. The van der Waals surface area contributed by atoms with Crippen LogP contribution in [0.25, 0.3) is 0 Å². The molecule has 28 heavy (non-hydrogen) atoms. The van der Waals surface area contributed by atoms with Gasteiger partial charge in [0, 0.05) is 16.3 Å². The van der Waals surface area contributed by atoms with Crippen LogP contribution in [0.4, 0.5) is 5.69 Å². The minimum atomic E-state index is -0.999. The minimum absolute atomic E-state index is 0.180. The van der Waals surface area contributed by atoms with Gasteiger partial charge in [-0.05, 0) is 49.2 Å². The zero-order valence-corrected chi connectivity index (χ0v) is 16.7. The van der Waals surface area contributed by atoms with Crippen LogP contribution < -0.4 is 10.1 Å². The van der Waals surface area contributed by atoms with E-state index in [1.165, 1.54) is 0 Å². The van der Waals surface area contributed by atoms with Crippen LogP contribution in [0.15, 0.2) is 36.4 Å². The Morgan fingerprint density at radius 1 is 1.25 bits per heavy atom. The number of amides is 1. The molecule has 1 aliphatic heterocycles. The van der Waals surface area contributed by atoms with Gasteiger partial charge in [0.15, 0.2) is 0 Å². The normalized spacial score (nSPS) is 18.6. The monoisotopic (exact) mass is 403 g/mol. The Morgan fingerprint density at radius 2 is 2.04 bits per heavy atom. The summed E-state index contributed by atoms with van der Waals surface area (Å²) in [6, 6.07) is 10.8. The highest BCUT2D eigenvalue weighted by Crippen LogP contribution is 2.40. The molecule has 1 amide bonds. The van der Waals surface area contributed by atoms with E-state index in [-0.39, 0.29) is 13.0 Å². The van der Waals surface area contributed by atoms with E-state index in [0.29, 0.717) is 22.0 Å². The average molecular weight is 404 g/mol. The molecule has 0 radical (unpaired) electrons. The van der Waals surface area contributed by atoms with Gasteiger partial charge in [0.2, 0.25) is 0 Å². The second kappa shape index (κ2) is 8.63. The second-order valence-electron chi connectivity index (χ2n) is 6.41. The van der Waals surface area contributed by atoms with Crippen LogP contribution in [-0.4, -0.2) is 31.7 Å². The van der Waals surface area contributed by atoms with E-state index >= 15 is 0 Å². The Kier molecular flexibility index (Phi) is 6.21. The predicted molar refractivity (Wildman–Crippen MR) is 106 cm³/mol. The topological polar surface area (TPSA) is 73.9 Å². The quantitative estimate of drug-likeness (QED) is 0.763. The van der Waals surface area contributed by atoms with Crippen LogP contribution in [0.5, 0.6) is 5.75 Å². The summed E-state index contributed by atoms with van der Waals surface area (Å²) in [5.74, 6) is -0.192. The summed E-state index contributed by atoms with van der Waals surface area (Å²) in [6.45, 7) is 3.87. The number of rotatable bonds is 5. The SMILES string of the molecule is CCOC(=O)C[C@H]1O[C@H](c2cccc(OC)c2C)c2cc(Cl)ccc2NC1=O. The van der Waals surface area contributed by atoms with Gasteiger partial charge in [0.25, 0.3) is 5.91 Å². The summed E-state index contributed by atoms with van der Waals surface area (Å²) < 4.78 is 16.6. The lowest BCUT2D eigenvalue weighted by molar-refractivity contribution is -0.150. The first-order chi connectivity index (χ1) is 13.4. The number of nitrogens with one attached hydrogen (secondary N) is 1. The fraction of sp³-hybridized carbons (Fsp3) is 0.333. The van der Waals surface area contributed by atoms with Crippen molar-refractivity contribution in [3.8, 4) is 5.75 Å². The van der Waals surface area contributed by atoms with Crippen molar-refractivity contribution in [2.45, 2.75) is 32.5 Å². The Hall–Kier alpha value is -2.57. The molecule has 2 aromatic carbocycles. The number of hydrogen-bond acceptors (Lipinski definition) is 5. The molecule has 2 atom stereocenters. The summed E-state index contributed by atoms with van der Waals surface area (Å²) in [6.07, 6.45) is -1.79. The van der Waals surface area contributed by atoms with Crippen LogP contribution in [0, 0.1) is 6.92 Å². The maximum atomic E-state index is 12.7. The Balaban J connectivity index is 2.08. The van der Waals surface area contributed by atoms with E-state index in [1.54, 1.807) is 32.2 Å². The molecule has 1 aliphatic rings. The summed E-state index contributed by atoms with van der Waals surface area (Å²) in [4.78, 5) is 24.7. The van der Waals surface area contributed by atoms with E-state index in [9.17, 15) is 9.59 Å². The molecule has 6 nitrogen and oxygen atoms in total. The van der Waals surface area contributed by atoms with E-state index in [0.717, 1.165) is 11.1 Å². The lowest BCUT2D eigenvalue weighted by atomic mass is 9.95. The number of hydrogen-bond donors (Lipinski definition) is 1. The van der Waals surface area contributed by atoms with Gasteiger partial charge in [0.1, 0.15) is 18.0 Å². The third kappa shape index (κ3) is 4.13. The average Bonchev–Trinajstić information content (AvgIpc) is 2.79. The highest BCUT2D eigenvalue weighted by molar-refractivity contribution is 6.30. The molecule has 1 N–H and O–H groups in total. The van der Waals surface area contributed by atoms with Gasteiger partial charge in [-0.25, -0.2) is 0 Å². The van der Waals surface area contributed by atoms with E-state index < -0.39 is 24.1 Å². The van der Waals surface area contributed by atoms with Gasteiger partial charge in [-0.3, -0.25) is 9.59 Å². The van der Waals surface area contributed by atoms with Gasteiger partial charge in [-0.15, -0.1) is 0 Å². The molecule has 0 bridgehead atoms. The second-order valence-corrected chi connectivity index (χ2v) is 6.85. The van der Waals surface area contributed by atoms with Crippen molar-refractivity contribution in [3.63, 3.8) is 0 Å². The predicted octanol–water partition coefficient (Wildman–Crippen LogP) is 4.04. The highest BCUT2D eigenvalue weighted by Gasteiger charge is 2.34. The molecule has 2 aromatic rings. The molecular weight excluding hydrogens is 382 g/mol. The van der Waals surface area contributed by atoms with Crippen LogP contribution in [0.2, 0.25) is 5.02 Å². The van der Waals surface area contributed by atoms with Crippen molar-refractivity contribution in [2.24, 2.45) is 0 Å². The van der Waals surface area contributed by atoms with Crippen molar-refractivity contribution >= 4 is 29.2 Å². The number of halogens is 1. The van der Waals surface area contributed by atoms with Gasteiger partial charge >= 0.3 is 5.97 Å². The van der Waals surface area contributed by atoms with Crippen molar-refractivity contribution in [2.75, 3.05) is 19.0 Å². The number of benzene rings is 2. The summed E-state index contributed by atoms with van der Waals surface area (Å²) in [5.41, 5.74) is 3.01. The van der Waals surface area contributed by atoms with Crippen molar-refractivity contribution in [1.29, 1.82) is 0 Å². The molecule has 0 aliphatic carbocycles. The van der Waals surface area contributed by atoms with Crippen LogP contribution in [-0.2, 0) is 19.1 Å². The van der Waals surface area contributed by atoms with Crippen molar-refractivity contribution in [1.82, 2.24) is 0 Å². The number of ether oxygens (including phenoxy) is 3. The lowest BCUT2D eigenvalue weighted by Gasteiger charge is -2.23. The van der Waals surface area contributed by atoms with E-state index in [4.69, 9.17) is 25.8 Å². The number of fused-ring (bicyclic) bond motifs is 1. The van der Waals surface area contributed by atoms with Gasteiger partial charge in [-0.2, -0.15) is 0 Å². The van der Waals surface area contributed by atoms with Gasteiger partial charge < -0.3 is 19.5 Å². The summed E-state index contributed by atoms with van der Waals surface area (Å²) in [7, 11) is 1.60. The first kappa shape index (κ1) is 20.2. The Bertz CT molecular complexity index is 898. The van der Waals surface area contributed by atoms with Crippen LogP contribution in [0.3, 0.4) is 0 Å². The number of esters is 1. The number of carbonyl (C=O) groups is 2. The summed E-state index contributed by atoms with van der Waals surface area (Å²) in [5, 5.41) is 3.35. The maximum Gasteiger partial charge on any atom is 0.308 e. The molecular formula is C21H22ClNO5. The highest BCUT2D eigenvalue weighted by atomic mass is 35.5. The molecule has 0 fully saturated rings. The fourth-order valence-electron chi connectivity index (χ4n) is 3.27. The largest absolute Gasteiger partial charge is 0.496 e. The zero-order chi connectivity index (χ0) is 20.3. The first-order valence-electron chi connectivity index (χ1n) is 8.99. The van der Waals surface area contributed by atoms with Crippen molar-refractivity contribution in [3.05, 3.63) is 58.1 Å². The third-order valence-electron chi connectivity index (χ3n) is 4.63. The summed E-state index contributed by atoms with van der Waals surface area (Å²) >= 11 is 6.21. The van der Waals surface area contributed by atoms with E-state index in [1.807, 2.05) is 25.1 Å². The smallest absolute Gasteiger partial charge is 0.308 e. The molecule has 0 saturated carbocycles. The first-order valence-corrected chi connectivity index (χ1v) is 9.37. The van der Waals surface area contributed by atoms with Gasteiger partial charge in [0.05, 0.1) is 20.1 Å². The Labute approximate surface area is 168 Å². The minimum Gasteiger partial charge on any atom is -0.496 e. The van der Waals surface area contributed by atoms with Crippen molar-refractivity contribution < 1.29 is 23.8 Å². The van der Waals surface area contributed by atoms with Crippen LogP contribution in [0.1, 0.15) is 36.1 Å². The number of anilines is 1. The van der Waals surface area contributed by atoms with Gasteiger partial charge in [-0.1, -0.05) is 23.7 Å². The third-order valence-corrected chi connectivity index (χ3v) is 4.87. The number of carbonyl (C=O) groups excluding carboxylic acids is 2. The molecule has 0 aromatic heterocycles.